The quantitative estimate of drug-likeness (QED) is 0.726. The van der Waals surface area contributed by atoms with Gasteiger partial charge in [-0.05, 0) is 73.0 Å². The SMILES string of the molecule is C[C@]12CCC3(C[C@@H]1CC[C@@H]1[C@@H]2CC[C@]2(C)[C@H](NC=O)[C@@H](O)C[C@@H]12)OCCO3. The molecule has 0 bridgehead atoms. The predicted octanol–water partition coefficient (Wildman–Crippen LogP) is 2.86. The summed E-state index contributed by atoms with van der Waals surface area (Å²) in [6, 6.07) is -0.0820. The van der Waals surface area contributed by atoms with Crippen molar-refractivity contribution in [2.24, 2.45) is 34.5 Å². The van der Waals surface area contributed by atoms with Crippen LogP contribution in [0.1, 0.15) is 65.2 Å². The molecule has 27 heavy (non-hydrogen) atoms. The average Bonchev–Trinajstić information content (AvgIpc) is 3.20. The molecule has 8 atom stereocenters. The lowest BCUT2D eigenvalue weighted by Gasteiger charge is -2.61. The van der Waals surface area contributed by atoms with E-state index < -0.39 is 6.10 Å². The van der Waals surface area contributed by atoms with E-state index in [0.29, 0.717) is 23.2 Å². The number of hydrogen-bond acceptors (Lipinski definition) is 4. The highest BCUT2D eigenvalue weighted by molar-refractivity contribution is 5.47. The average molecular weight is 378 g/mol. The first-order valence-electron chi connectivity index (χ1n) is 11.1. The summed E-state index contributed by atoms with van der Waals surface area (Å²) >= 11 is 0. The Morgan fingerprint density at radius 3 is 2.52 bits per heavy atom. The lowest BCUT2D eigenvalue weighted by Crippen LogP contribution is -2.57. The molecule has 0 aromatic carbocycles. The third-order valence-electron chi connectivity index (χ3n) is 9.76. The summed E-state index contributed by atoms with van der Waals surface area (Å²) in [4.78, 5) is 11.1. The molecule has 4 saturated carbocycles. The number of aliphatic hydroxyl groups is 1. The highest BCUT2D eigenvalue weighted by atomic mass is 16.7. The molecule has 1 spiro atoms. The van der Waals surface area contributed by atoms with Gasteiger partial charge in [-0.2, -0.15) is 0 Å². The fraction of sp³-hybridized carbons (Fsp3) is 0.955. The van der Waals surface area contributed by atoms with Crippen LogP contribution >= 0.6 is 0 Å². The third-order valence-corrected chi connectivity index (χ3v) is 9.76. The molecule has 4 aliphatic carbocycles. The van der Waals surface area contributed by atoms with Crippen LogP contribution in [0.2, 0.25) is 0 Å². The summed E-state index contributed by atoms with van der Waals surface area (Å²) in [6.07, 6.45) is 9.36. The van der Waals surface area contributed by atoms with Crippen molar-refractivity contribution in [2.45, 2.75) is 83.1 Å². The van der Waals surface area contributed by atoms with Gasteiger partial charge in [0.1, 0.15) is 0 Å². The van der Waals surface area contributed by atoms with Gasteiger partial charge in [0.25, 0.3) is 0 Å². The van der Waals surface area contributed by atoms with Crippen LogP contribution in [0.3, 0.4) is 0 Å². The standard InChI is InChI=1S/C22H35NO4/c1-20-7-8-22(26-9-10-27-22)12-14(20)3-4-15-16(20)5-6-21(2)17(15)11-18(25)19(21)23-13-24/h13-19,25H,3-12H2,1-2H3,(H,23,24)/t14-,15+,16-,17-,18-,19+,20-,21-/m0/s1. The van der Waals surface area contributed by atoms with Crippen LogP contribution in [0.5, 0.6) is 0 Å². The molecular weight excluding hydrogens is 342 g/mol. The molecule has 5 aliphatic rings. The fourth-order valence-corrected chi connectivity index (χ4v) is 8.34. The predicted molar refractivity (Wildman–Crippen MR) is 101 cm³/mol. The van der Waals surface area contributed by atoms with Crippen molar-refractivity contribution < 1.29 is 19.4 Å². The van der Waals surface area contributed by atoms with E-state index in [2.05, 4.69) is 19.2 Å². The molecule has 152 valence electrons. The van der Waals surface area contributed by atoms with E-state index in [0.717, 1.165) is 51.2 Å². The molecule has 5 nitrogen and oxygen atoms in total. The smallest absolute Gasteiger partial charge is 0.207 e. The summed E-state index contributed by atoms with van der Waals surface area (Å²) in [5.74, 6) is 2.33. The van der Waals surface area contributed by atoms with Crippen molar-refractivity contribution in [2.75, 3.05) is 13.2 Å². The Morgan fingerprint density at radius 2 is 1.78 bits per heavy atom. The molecule has 0 aromatic heterocycles. The Labute approximate surface area is 162 Å². The maximum atomic E-state index is 11.1. The van der Waals surface area contributed by atoms with Crippen LogP contribution in [0.4, 0.5) is 0 Å². The first-order chi connectivity index (χ1) is 12.9. The van der Waals surface area contributed by atoms with Crippen LogP contribution in [-0.2, 0) is 14.3 Å². The first-order valence-corrected chi connectivity index (χ1v) is 11.1. The lowest BCUT2D eigenvalue weighted by atomic mass is 9.44. The maximum Gasteiger partial charge on any atom is 0.207 e. The van der Waals surface area contributed by atoms with Gasteiger partial charge < -0.3 is 19.9 Å². The summed E-state index contributed by atoms with van der Waals surface area (Å²) < 4.78 is 12.1. The molecule has 5 fully saturated rings. The Kier molecular flexibility index (Phi) is 4.20. The summed E-state index contributed by atoms with van der Waals surface area (Å²) in [7, 11) is 0. The van der Waals surface area contributed by atoms with Crippen LogP contribution in [-0.4, -0.2) is 42.7 Å². The molecule has 1 amide bonds. The van der Waals surface area contributed by atoms with Gasteiger partial charge in [0.15, 0.2) is 5.79 Å². The second-order valence-corrected chi connectivity index (χ2v) is 10.6. The highest BCUT2D eigenvalue weighted by Crippen LogP contribution is 2.67. The molecule has 1 saturated heterocycles. The van der Waals surface area contributed by atoms with Gasteiger partial charge in [-0.3, -0.25) is 4.79 Å². The van der Waals surface area contributed by atoms with Gasteiger partial charge in [-0.15, -0.1) is 0 Å². The topological polar surface area (TPSA) is 67.8 Å². The number of amides is 1. The van der Waals surface area contributed by atoms with Gasteiger partial charge in [0.2, 0.25) is 6.41 Å². The number of nitrogens with one attached hydrogen (secondary N) is 1. The van der Waals surface area contributed by atoms with Crippen molar-refractivity contribution in [1.82, 2.24) is 5.32 Å². The van der Waals surface area contributed by atoms with Gasteiger partial charge in [0.05, 0.1) is 25.4 Å². The van der Waals surface area contributed by atoms with Gasteiger partial charge in [0, 0.05) is 12.8 Å². The minimum Gasteiger partial charge on any atom is -0.391 e. The number of rotatable bonds is 2. The van der Waals surface area contributed by atoms with E-state index in [9.17, 15) is 9.90 Å². The van der Waals surface area contributed by atoms with Crippen molar-refractivity contribution in [3.05, 3.63) is 0 Å². The Morgan fingerprint density at radius 1 is 1.00 bits per heavy atom. The lowest BCUT2D eigenvalue weighted by molar-refractivity contribution is -0.229. The normalized spacial score (nSPS) is 53.4. The third kappa shape index (κ3) is 2.50. The molecule has 5 heteroatoms. The Hall–Kier alpha value is -0.650. The van der Waals surface area contributed by atoms with Gasteiger partial charge >= 0.3 is 0 Å². The zero-order valence-corrected chi connectivity index (χ0v) is 16.8. The van der Waals surface area contributed by atoms with E-state index in [-0.39, 0.29) is 17.2 Å². The molecule has 1 heterocycles. The molecule has 1 aliphatic heterocycles. The molecular formula is C22H35NO4. The van der Waals surface area contributed by atoms with Gasteiger partial charge in [-0.1, -0.05) is 13.8 Å². The number of fused-ring (bicyclic) bond motifs is 5. The first kappa shape index (κ1) is 18.4. The zero-order valence-electron chi connectivity index (χ0n) is 16.8. The van der Waals surface area contributed by atoms with Crippen molar-refractivity contribution in [3.8, 4) is 0 Å². The number of ether oxygens (including phenoxy) is 2. The molecule has 0 radical (unpaired) electrons. The Bertz CT molecular complexity index is 605. The molecule has 0 aromatic rings. The largest absolute Gasteiger partial charge is 0.391 e. The van der Waals surface area contributed by atoms with Crippen molar-refractivity contribution in [3.63, 3.8) is 0 Å². The van der Waals surface area contributed by atoms with Gasteiger partial charge in [-0.25, -0.2) is 0 Å². The Balaban J connectivity index is 1.40. The second kappa shape index (κ2) is 6.17. The summed E-state index contributed by atoms with van der Waals surface area (Å²) in [6.45, 7) is 6.35. The second-order valence-electron chi connectivity index (χ2n) is 10.6. The van der Waals surface area contributed by atoms with Crippen molar-refractivity contribution in [1.29, 1.82) is 0 Å². The number of aliphatic hydroxyl groups excluding tert-OH is 1. The van der Waals surface area contributed by atoms with E-state index in [1.54, 1.807) is 0 Å². The van der Waals surface area contributed by atoms with Crippen molar-refractivity contribution >= 4 is 6.41 Å². The summed E-state index contributed by atoms with van der Waals surface area (Å²) in [5.41, 5.74) is 0.407. The maximum absolute atomic E-state index is 11.1. The van der Waals surface area contributed by atoms with Crippen LogP contribution in [0, 0.1) is 34.5 Å². The van der Waals surface area contributed by atoms with Crippen LogP contribution < -0.4 is 5.32 Å². The van der Waals surface area contributed by atoms with Crippen LogP contribution in [0.25, 0.3) is 0 Å². The van der Waals surface area contributed by atoms with E-state index in [1.165, 1.54) is 25.7 Å². The highest BCUT2D eigenvalue weighted by Gasteiger charge is 2.63. The zero-order chi connectivity index (χ0) is 18.9. The number of carbonyl (C=O) groups is 1. The number of hydrogen-bond donors (Lipinski definition) is 2. The molecule has 0 unspecified atom stereocenters. The molecule has 5 rings (SSSR count). The fourth-order valence-electron chi connectivity index (χ4n) is 8.34. The monoisotopic (exact) mass is 377 g/mol. The minimum atomic E-state index is -0.399. The molecule has 2 N–H and O–H groups in total. The minimum absolute atomic E-state index is 0.0399. The van der Waals surface area contributed by atoms with Crippen LogP contribution in [0.15, 0.2) is 0 Å². The van der Waals surface area contributed by atoms with E-state index in [1.807, 2.05) is 0 Å². The van der Waals surface area contributed by atoms with E-state index >= 15 is 0 Å². The number of carbonyl (C=O) groups excluding carboxylic acids is 1. The summed E-state index contributed by atoms with van der Waals surface area (Å²) in [5, 5.41) is 13.7. The van der Waals surface area contributed by atoms with E-state index in [4.69, 9.17) is 9.47 Å².